The van der Waals surface area contributed by atoms with Crippen molar-refractivity contribution >= 4 is 32.8 Å². The highest BCUT2D eigenvalue weighted by molar-refractivity contribution is 7.90. The summed E-state index contributed by atoms with van der Waals surface area (Å²) in [5.74, 6) is 6.26. The summed E-state index contributed by atoms with van der Waals surface area (Å²) in [5, 5.41) is 10.6. The molecular weight excluding hydrogens is 408 g/mol. The molecule has 0 aliphatic carbocycles. The van der Waals surface area contributed by atoms with Crippen LogP contribution in [-0.2, 0) is 16.3 Å². The quantitative estimate of drug-likeness (QED) is 0.393. The third kappa shape index (κ3) is 7.59. The van der Waals surface area contributed by atoms with E-state index in [4.69, 9.17) is 23.2 Å². The lowest BCUT2D eigenvalue weighted by Gasteiger charge is -2.32. The molecule has 154 valence electrons. The molecule has 0 bridgehead atoms. The average Bonchev–Trinajstić information content (AvgIpc) is 2.94. The van der Waals surface area contributed by atoms with Crippen LogP contribution in [0.1, 0.15) is 29.2 Å². The number of piperidine rings is 1. The van der Waals surface area contributed by atoms with Gasteiger partial charge in [0, 0.05) is 42.7 Å². The molecule has 0 aromatic carbocycles. The summed E-state index contributed by atoms with van der Waals surface area (Å²) in [5.41, 5.74) is 7.84. The fraction of sp³-hybridized carbons (Fsp3) is 0.647. The zero-order valence-corrected chi connectivity index (χ0v) is 18.0. The van der Waals surface area contributed by atoms with Crippen molar-refractivity contribution < 1.29 is 13.5 Å². The molecule has 1 aliphatic heterocycles. The van der Waals surface area contributed by atoms with Crippen LogP contribution in [-0.4, -0.2) is 68.2 Å². The number of halogens is 1. The van der Waals surface area contributed by atoms with Crippen LogP contribution in [0.5, 0.6) is 0 Å². The first-order chi connectivity index (χ1) is 12.7. The molecule has 0 unspecified atom stereocenters. The van der Waals surface area contributed by atoms with Gasteiger partial charge in [-0.05, 0) is 49.9 Å². The Morgan fingerprint density at radius 1 is 1.48 bits per heavy atom. The molecule has 2 heterocycles. The van der Waals surface area contributed by atoms with Crippen LogP contribution in [0.4, 0.5) is 0 Å². The third-order valence-corrected chi connectivity index (χ3v) is 7.00. The second-order valence-electron chi connectivity index (χ2n) is 7.04. The van der Waals surface area contributed by atoms with Gasteiger partial charge in [0.25, 0.3) is 0 Å². The first-order valence-electron chi connectivity index (χ1n) is 8.94. The van der Waals surface area contributed by atoms with Gasteiger partial charge in [-0.3, -0.25) is 4.90 Å². The Morgan fingerprint density at radius 3 is 2.74 bits per heavy atom. The van der Waals surface area contributed by atoms with Crippen LogP contribution in [0.2, 0.25) is 4.34 Å². The molecule has 1 saturated heterocycles. The monoisotopic (exact) mass is 436 g/mol. The van der Waals surface area contributed by atoms with Crippen LogP contribution in [0.15, 0.2) is 18.0 Å². The molecule has 0 amide bonds. The van der Waals surface area contributed by atoms with Gasteiger partial charge in [0.1, 0.15) is 9.84 Å². The summed E-state index contributed by atoms with van der Waals surface area (Å²) in [6, 6.07) is 1.97. The summed E-state index contributed by atoms with van der Waals surface area (Å²) >= 11 is 7.79. The molecule has 0 radical (unpaired) electrons. The number of aliphatic hydroxyl groups is 1. The number of rotatable bonds is 9. The molecule has 1 aromatic heterocycles. The van der Waals surface area contributed by atoms with Crippen LogP contribution in [0.3, 0.4) is 0 Å². The SMILES string of the molecule is CS(=O)(=O)CCN(N)/C=C(\N)CN1CCC(c2sc(Cl)cc2CCO)CC1. The van der Waals surface area contributed by atoms with E-state index in [1.54, 1.807) is 17.5 Å². The maximum Gasteiger partial charge on any atom is 0.149 e. The molecule has 0 spiro atoms. The highest BCUT2D eigenvalue weighted by Crippen LogP contribution is 2.38. The van der Waals surface area contributed by atoms with Crippen LogP contribution < -0.4 is 11.6 Å². The second-order valence-corrected chi connectivity index (χ2v) is 11.0. The predicted octanol–water partition coefficient (Wildman–Crippen LogP) is 1.14. The third-order valence-electron chi connectivity index (χ3n) is 4.61. The fourth-order valence-electron chi connectivity index (χ4n) is 3.27. The van der Waals surface area contributed by atoms with E-state index in [-0.39, 0.29) is 18.9 Å². The molecule has 1 aliphatic rings. The van der Waals surface area contributed by atoms with Crippen LogP contribution in [0.25, 0.3) is 0 Å². The minimum Gasteiger partial charge on any atom is -0.400 e. The number of hydrogen-bond acceptors (Lipinski definition) is 8. The number of nitrogens with two attached hydrogens (primary N) is 2. The van der Waals surface area contributed by atoms with Gasteiger partial charge in [-0.15, -0.1) is 11.3 Å². The highest BCUT2D eigenvalue weighted by Gasteiger charge is 2.24. The van der Waals surface area contributed by atoms with Crippen molar-refractivity contribution in [2.45, 2.75) is 25.2 Å². The van der Waals surface area contributed by atoms with Gasteiger partial charge in [0.05, 0.1) is 10.1 Å². The van der Waals surface area contributed by atoms with Crippen LogP contribution in [0, 0.1) is 0 Å². The smallest absolute Gasteiger partial charge is 0.149 e. The van der Waals surface area contributed by atoms with E-state index >= 15 is 0 Å². The minimum absolute atomic E-state index is 0.00176. The zero-order valence-electron chi connectivity index (χ0n) is 15.6. The van der Waals surface area contributed by atoms with Crippen molar-refractivity contribution in [1.29, 1.82) is 0 Å². The minimum atomic E-state index is -3.05. The molecule has 10 heteroatoms. The van der Waals surface area contributed by atoms with E-state index in [9.17, 15) is 13.5 Å². The number of nitrogens with zero attached hydrogens (tertiary/aromatic N) is 2. The molecule has 2 rings (SSSR count). The van der Waals surface area contributed by atoms with E-state index in [0.29, 0.717) is 24.6 Å². The van der Waals surface area contributed by atoms with E-state index in [1.807, 2.05) is 6.07 Å². The Hall–Kier alpha value is -0.840. The topological polar surface area (TPSA) is 113 Å². The van der Waals surface area contributed by atoms with Gasteiger partial charge in [0.2, 0.25) is 0 Å². The number of hydrogen-bond donors (Lipinski definition) is 3. The van der Waals surface area contributed by atoms with E-state index in [0.717, 1.165) is 35.8 Å². The van der Waals surface area contributed by atoms with Crippen molar-refractivity contribution in [3.8, 4) is 0 Å². The standard InChI is InChI=1S/C17H29ClN4O3S2/c1-27(24,25)9-7-22(20)12-15(19)11-21-5-2-13(3-6-21)17-14(4-8-23)10-16(18)26-17/h10,12-13,23H,2-9,11,19-20H2,1H3/b15-12-. The van der Waals surface area contributed by atoms with Crippen molar-refractivity contribution in [3.63, 3.8) is 0 Å². The number of hydrazine groups is 1. The zero-order chi connectivity index (χ0) is 20.0. The lowest BCUT2D eigenvalue weighted by Crippen LogP contribution is -2.37. The largest absolute Gasteiger partial charge is 0.400 e. The Bertz CT molecular complexity index is 743. The van der Waals surface area contributed by atoms with Crippen LogP contribution >= 0.6 is 22.9 Å². The summed E-state index contributed by atoms with van der Waals surface area (Å²) in [6.07, 6.45) is 5.47. The number of aliphatic hydroxyl groups excluding tert-OH is 1. The van der Waals surface area contributed by atoms with Gasteiger partial charge in [-0.1, -0.05) is 11.6 Å². The van der Waals surface area contributed by atoms with Crippen molar-refractivity contribution in [3.05, 3.63) is 32.7 Å². The summed E-state index contributed by atoms with van der Waals surface area (Å²) in [4.78, 5) is 3.57. The average molecular weight is 437 g/mol. The summed E-state index contributed by atoms with van der Waals surface area (Å²) in [6.45, 7) is 2.79. The van der Waals surface area contributed by atoms with Gasteiger partial charge < -0.3 is 15.8 Å². The van der Waals surface area contributed by atoms with Gasteiger partial charge in [-0.2, -0.15) is 0 Å². The fourth-order valence-corrected chi connectivity index (χ4v) is 5.30. The van der Waals surface area contributed by atoms with Gasteiger partial charge in [-0.25, -0.2) is 14.3 Å². The molecule has 27 heavy (non-hydrogen) atoms. The number of likely N-dealkylation sites (tertiary alicyclic amines) is 1. The maximum atomic E-state index is 11.2. The molecule has 0 saturated carbocycles. The predicted molar refractivity (Wildman–Crippen MR) is 111 cm³/mol. The molecule has 0 atom stereocenters. The van der Waals surface area contributed by atoms with Crippen molar-refractivity contribution in [2.75, 3.05) is 44.8 Å². The summed E-state index contributed by atoms with van der Waals surface area (Å²) < 4.78 is 23.2. The molecule has 1 fully saturated rings. The normalized spacial score (nSPS) is 17.4. The van der Waals surface area contributed by atoms with Gasteiger partial charge in [0.15, 0.2) is 0 Å². The van der Waals surface area contributed by atoms with Crippen molar-refractivity contribution in [1.82, 2.24) is 9.91 Å². The van der Waals surface area contributed by atoms with E-state index < -0.39 is 9.84 Å². The maximum absolute atomic E-state index is 11.2. The highest BCUT2D eigenvalue weighted by atomic mass is 35.5. The molecule has 1 aromatic rings. The van der Waals surface area contributed by atoms with E-state index in [1.165, 1.54) is 16.1 Å². The number of thiophene rings is 1. The molecular formula is C17H29ClN4O3S2. The van der Waals surface area contributed by atoms with Gasteiger partial charge >= 0.3 is 0 Å². The van der Waals surface area contributed by atoms with Crippen molar-refractivity contribution in [2.24, 2.45) is 11.6 Å². The molecule has 5 N–H and O–H groups in total. The Balaban J connectivity index is 1.84. The second kappa shape index (κ2) is 10.1. The molecule has 7 nitrogen and oxygen atoms in total. The Morgan fingerprint density at radius 2 is 2.15 bits per heavy atom. The Labute approximate surface area is 170 Å². The summed E-state index contributed by atoms with van der Waals surface area (Å²) in [7, 11) is -3.05. The van der Waals surface area contributed by atoms with E-state index in [2.05, 4.69) is 4.90 Å². The first kappa shape index (κ1) is 22.4. The Kier molecular flexibility index (Phi) is 8.39. The lowest BCUT2D eigenvalue weighted by atomic mass is 9.92. The lowest BCUT2D eigenvalue weighted by molar-refractivity contribution is 0.226. The number of sulfone groups is 1. The first-order valence-corrected chi connectivity index (χ1v) is 12.2.